The van der Waals surface area contributed by atoms with Crippen LogP contribution in [0.4, 0.5) is 5.00 Å². The molecule has 2 heterocycles. The quantitative estimate of drug-likeness (QED) is 0.579. The van der Waals surface area contributed by atoms with E-state index in [1.807, 2.05) is 22.9 Å². The van der Waals surface area contributed by atoms with E-state index in [0.29, 0.717) is 21.2 Å². The lowest BCUT2D eigenvalue weighted by Gasteiger charge is -2.08. The molecule has 7 heteroatoms. The molecular formula is C18H14ClNO3S2. The van der Waals surface area contributed by atoms with Crippen LogP contribution in [0.1, 0.15) is 27.6 Å². The molecule has 0 unspecified atom stereocenters. The van der Waals surface area contributed by atoms with Gasteiger partial charge in [0, 0.05) is 26.4 Å². The highest BCUT2D eigenvalue weighted by atomic mass is 35.5. The molecular weight excluding hydrogens is 378 g/mol. The lowest BCUT2D eigenvalue weighted by Crippen LogP contribution is -2.14. The Labute approximate surface area is 158 Å². The Kier molecular flexibility index (Phi) is 5.53. The Morgan fingerprint density at radius 1 is 1.16 bits per heavy atom. The van der Waals surface area contributed by atoms with Crippen molar-refractivity contribution in [2.24, 2.45) is 0 Å². The first kappa shape index (κ1) is 17.7. The molecule has 0 saturated heterocycles. The van der Waals surface area contributed by atoms with Crippen molar-refractivity contribution in [2.45, 2.75) is 6.92 Å². The predicted octanol–water partition coefficient (Wildman–Crippen LogP) is 5.56. The number of carbonyl (C=O) groups excluding carboxylic acids is 2. The number of hydrogen-bond donors (Lipinski definition) is 1. The van der Waals surface area contributed by atoms with Crippen LogP contribution < -0.4 is 5.32 Å². The third kappa shape index (κ3) is 3.92. The minimum absolute atomic E-state index is 0.267. The largest absolute Gasteiger partial charge is 0.462 e. The third-order valence-electron chi connectivity index (χ3n) is 3.39. The number of ether oxygens (including phenoxy) is 1. The number of benzene rings is 1. The summed E-state index contributed by atoms with van der Waals surface area (Å²) in [5.74, 6) is -0.750. The van der Waals surface area contributed by atoms with E-state index >= 15 is 0 Å². The van der Waals surface area contributed by atoms with E-state index in [-0.39, 0.29) is 12.5 Å². The fourth-order valence-electron chi connectivity index (χ4n) is 2.25. The van der Waals surface area contributed by atoms with Crippen LogP contribution in [0, 0.1) is 0 Å². The van der Waals surface area contributed by atoms with E-state index in [9.17, 15) is 9.59 Å². The molecule has 1 N–H and O–H groups in total. The van der Waals surface area contributed by atoms with Crippen molar-refractivity contribution in [3.8, 4) is 10.4 Å². The van der Waals surface area contributed by atoms with Crippen molar-refractivity contribution in [1.29, 1.82) is 0 Å². The van der Waals surface area contributed by atoms with Gasteiger partial charge in [0.15, 0.2) is 0 Å². The van der Waals surface area contributed by atoms with Gasteiger partial charge in [0.1, 0.15) is 10.6 Å². The molecule has 0 radical (unpaired) electrons. The van der Waals surface area contributed by atoms with Crippen LogP contribution in [0.3, 0.4) is 0 Å². The topological polar surface area (TPSA) is 55.4 Å². The van der Waals surface area contributed by atoms with Crippen LogP contribution >= 0.6 is 34.3 Å². The van der Waals surface area contributed by atoms with E-state index in [0.717, 1.165) is 10.4 Å². The fraction of sp³-hybridized carbons (Fsp3) is 0.111. The molecule has 1 aromatic carbocycles. The van der Waals surface area contributed by atoms with Crippen molar-refractivity contribution in [3.05, 3.63) is 63.3 Å². The molecule has 0 aliphatic heterocycles. The summed E-state index contributed by atoms with van der Waals surface area (Å²) in [4.78, 5) is 25.8. The number of amides is 1. The molecule has 4 nitrogen and oxygen atoms in total. The number of hydrogen-bond acceptors (Lipinski definition) is 5. The lowest BCUT2D eigenvalue weighted by atomic mass is 10.1. The average molecular weight is 392 g/mol. The second kappa shape index (κ2) is 7.82. The molecule has 0 atom stereocenters. The van der Waals surface area contributed by atoms with Gasteiger partial charge >= 0.3 is 5.97 Å². The number of halogens is 1. The van der Waals surface area contributed by atoms with Gasteiger partial charge in [0.05, 0.1) is 6.61 Å². The highest BCUT2D eigenvalue weighted by Crippen LogP contribution is 2.38. The monoisotopic (exact) mass is 391 g/mol. The first-order valence-electron chi connectivity index (χ1n) is 7.49. The van der Waals surface area contributed by atoms with Gasteiger partial charge in [-0.3, -0.25) is 4.79 Å². The minimum atomic E-state index is -0.446. The van der Waals surface area contributed by atoms with Gasteiger partial charge in [-0.15, -0.1) is 22.7 Å². The van der Waals surface area contributed by atoms with Crippen LogP contribution in [0.5, 0.6) is 0 Å². The Morgan fingerprint density at radius 2 is 1.92 bits per heavy atom. The molecule has 2 aromatic heterocycles. The standard InChI is InChI=1S/C18H14ClNO3S2/c1-2-23-18(22)15-13(14-4-3-9-24-14)10-25-17(15)20-16(21)11-5-7-12(19)8-6-11/h3-10H,2H2,1H3,(H,20,21). The third-order valence-corrected chi connectivity index (χ3v) is 5.44. The lowest BCUT2D eigenvalue weighted by molar-refractivity contribution is 0.0529. The molecule has 0 saturated carbocycles. The summed E-state index contributed by atoms with van der Waals surface area (Å²) in [6.07, 6.45) is 0. The number of rotatable bonds is 5. The first-order chi connectivity index (χ1) is 12.1. The second-order valence-corrected chi connectivity index (χ2v) is 7.28. The van der Waals surface area contributed by atoms with Crippen molar-refractivity contribution < 1.29 is 14.3 Å². The van der Waals surface area contributed by atoms with Crippen molar-refractivity contribution in [3.63, 3.8) is 0 Å². The van der Waals surface area contributed by atoms with E-state index in [1.54, 1.807) is 31.2 Å². The van der Waals surface area contributed by atoms with Crippen LogP contribution in [-0.2, 0) is 4.74 Å². The SMILES string of the molecule is CCOC(=O)c1c(-c2cccs2)csc1NC(=O)c1ccc(Cl)cc1. The van der Waals surface area contributed by atoms with Gasteiger partial charge in [-0.05, 0) is 42.6 Å². The van der Waals surface area contributed by atoms with Gasteiger partial charge in [-0.2, -0.15) is 0 Å². The molecule has 128 valence electrons. The zero-order valence-corrected chi connectivity index (χ0v) is 15.6. The van der Waals surface area contributed by atoms with Crippen LogP contribution in [0.2, 0.25) is 5.02 Å². The van der Waals surface area contributed by atoms with Gasteiger partial charge in [-0.25, -0.2) is 4.79 Å². The summed E-state index contributed by atoms with van der Waals surface area (Å²) in [6, 6.07) is 10.4. The van der Waals surface area contributed by atoms with Crippen molar-refractivity contribution in [2.75, 3.05) is 11.9 Å². The minimum Gasteiger partial charge on any atom is -0.462 e. The predicted molar refractivity (Wildman–Crippen MR) is 103 cm³/mol. The molecule has 0 fully saturated rings. The zero-order chi connectivity index (χ0) is 17.8. The van der Waals surface area contributed by atoms with Gasteiger partial charge in [-0.1, -0.05) is 17.7 Å². The molecule has 3 rings (SSSR count). The maximum absolute atomic E-state index is 12.5. The smallest absolute Gasteiger partial charge is 0.341 e. The maximum atomic E-state index is 12.5. The van der Waals surface area contributed by atoms with Gasteiger partial charge in [0.2, 0.25) is 0 Å². The summed E-state index contributed by atoms with van der Waals surface area (Å²) >= 11 is 8.68. The normalized spacial score (nSPS) is 10.5. The molecule has 25 heavy (non-hydrogen) atoms. The van der Waals surface area contributed by atoms with Crippen LogP contribution in [0.25, 0.3) is 10.4 Å². The average Bonchev–Trinajstić information content (AvgIpc) is 3.24. The van der Waals surface area contributed by atoms with E-state index in [4.69, 9.17) is 16.3 Å². The molecule has 0 spiro atoms. The fourth-order valence-corrected chi connectivity index (χ4v) is 4.14. The molecule has 0 aliphatic rings. The summed E-state index contributed by atoms with van der Waals surface area (Å²) in [6.45, 7) is 2.02. The van der Waals surface area contributed by atoms with Crippen LogP contribution in [-0.4, -0.2) is 18.5 Å². The summed E-state index contributed by atoms with van der Waals surface area (Å²) in [5.41, 5.74) is 1.62. The Hall–Kier alpha value is -2.15. The number of anilines is 1. The maximum Gasteiger partial charge on any atom is 0.341 e. The van der Waals surface area contributed by atoms with E-state index < -0.39 is 5.97 Å². The highest BCUT2D eigenvalue weighted by molar-refractivity contribution is 7.17. The second-order valence-electron chi connectivity index (χ2n) is 5.01. The van der Waals surface area contributed by atoms with Crippen molar-refractivity contribution in [1.82, 2.24) is 0 Å². The Balaban J connectivity index is 1.94. The number of thiophene rings is 2. The molecule has 0 aliphatic carbocycles. The Bertz CT molecular complexity index is 886. The molecule has 0 bridgehead atoms. The highest BCUT2D eigenvalue weighted by Gasteiger charge is 2.23. The summed E-state index contributed by atoms with van der Waals surface area (Å²) in [5, 5.41) is 7.63. The van der Waals surface area contributed by atoms with Crippen LogP contribution in [0.15, 0.2) is 47.2 Å². The van der Waals surface area contributed by atoms with Crippen molar-refractivity contribution >= 4 is 51.2 Å². The number of carbonyl (C=O) groups is 2. The van der Waals surface area contributed by atoms with E-state index in [1.165, 1.54) is 22.7 Å². The Morgan fingerprint density at radius 3 is 2.56 bits per heavy atom. The van der Waals surface area contributed by atoms with Gasteiger partial charge < -0.3 is 10.1 Å². The van der Waals surface area contributed by atoms with E-state index in [2.05, 4.69) is 5.32 Å². The number of esters is 1. The number of nitrogens with one attached hydrogen (secondary N) is 1. The first-order valence-corrected chi connectivity index (χ1v) is 9.63. The zero-order valence-electron chi connectivity index (χ0n) is 13.2. The van der Waals surface area contributed by atoms with Gasteiger partial charge in [0.25, 0.3) is 5.91 Å². The molecule has 3 aromatic rings. The summed E-state index contributed by atoms with van der Waals surface area (Å²) < 4.78 is 5.17. The summed E-state index contributed by atoms with van der Waals surface area (Å²) in [7, 11) is 0. The molecule has 1 amide bonds.